The summed E-state index contributed by atoms with van der Waals surface area (Å²) in [5, 5.41) is 4.00. The number of carbonyl (C=O) groups is 1. The highest BCUT2D eigenvalue weighted by molar-refractivity contribution is 5.88. The van der Waals surface area contributed by atoms with Crippen LogP contribution in [-0.4, -0.2) is 20.7 Å². The van der Waals surface area contributed by atoms with Crippen LogP contribution in [0.3, 0.4) is 0 Å². The van der Waals surface area contributed by atoms with Crippen molar-refractivity contribution in [2.75, 3.05) is 0 Å². The van der Waals surface area contributed by atoms with Gasteiger partial charge in [-0.05, 0) is 24.1 Å². The highest BCUT2D eigenvalue weighted by Crippen LogP contribution is 2.29. The molecular weight excluding hydrogens is 297 g/mol. The Labute approximate surface area is 125 Å². The molecule has 1 heterocycles. The van der Waals surface area contributed by atoms with E-state index in [1.165, 1.54) is 16.8 Å². The number of benzene rings is 1. The third-order valence-corrected chi connectivity index (χ3v) is 3.06. The van der Waals surface area contributed by atoms with E-state index < -0.39 is 17.6 Å². The van der Waals surface area contributed by atoms with Crippen LogP contribution in [0.25, 0.3) is 0 Å². The summed E-state index contributed by atoms with van der Waals surface area (Å²) >= 11 is 0. The molecule has 2 N–H and O–H groups in total. The molecule has 0 saturated heterocycles. The molecule has 22 heavy (non-hydrogen) atoms. The summed E-state index contributed by atoms with van der Waals surface area (Å²) in [5.74, 6) is -0.241. The zero-order valence-corrected chi connectivity index (χ0v) is 11.9. The maximum absolute atomic E-state index is 12.5. The molecule has 1 aromatic heterocycles. The second-order valence-electron chi connectivity index (χ2n) is 4.82. The van der Waals surface area contributed by atoms with Gasteiger partial charge < -0.3 is 5.73 Å². The predicted octanol–water partition coefficient (Wildman–Crippen LogP) is 2.40. The van der Waals surface area contributed by atoms with E-state index in [2.05, 4.69) is 10.1 Å². The number of hydrogen-bond donors (Lipinski definition) is 1. The number of rotatable bonds is 5. The molecule has 0 atom stereocenters. The molecule has 0 radical (unpaired) electrons. The quantitative estimate of drug-likeness (QED) is 0.921. The molecule has 1 aromatic carbocycles. The van der Waals surface area contributed by atoms with Gasteiger partial charge in [-0.3, -0.25) is 4.79 Å². The number of hydrogen-bond acceptors (Lipinski definition) is 3. The number of alkyl halides is 3. The highest BCUT2D eigenvalue weighted by atomic mass is 19.4. The molecule has 2 rings (SSSR count). The van der Waals surface area contributed by atoms with Crippen LogP contribution in [-0.2, 0) is 19.1 Å². The van der Waals surface area contributed by atoms with Gasteiger partial charge in [0.2, 0.25) is 5.82 Å². The molecule has 0 fully saturated rings. The summed E-state index contributed by atoms with van der Waals surface area (Å²) in [6.45, 7) is 2.18. The predicted molar refractivity (Wildman–Crippen MR) is 73.1 cm³/mol. The molecule has 0 aliphatic carbocycles. The summed E-state index contributed by atoms with van der Waals surface area (Å²) in [5.41, 5.74) is 5.07. The van der Waals surface area contributed by atoms with Crippen LogP contribution in [0.15, 0.2) is 24.3 Å². The molecule has 0 bridgehead atoms. The van der Waals surface area contributed by atoms with Crippen molar-refractivity contribution < 1.29 is 18.0 Å². The van der Waals surface area contributed by atoms with Gasteiger partial charge in [-0.25, -0.2) is 9.67 Å². The SMILES string of the molecule is CCCc1nc(C(N)=O)nn1Cc1ccc(C(F)(F)F)cc1. The van der Waals surface area contributed by atoms with Crippen molar-refractivity contribution in [1.82, 2.24) is 14.8 Å². The van der Waals surface area contributed by atoms with Crippen molar-refractivity contribution in [3.05, 3.63) is 47.0 Å². The molecular formula is C14H15F3N4O. The Morgan fingerprint density at radius 3 is 2.41 bits per heavy atom. The lowest BCUT2D eigenvalue weighted by Crippen LogP contribution is -2.14. The number of aryl methyl sites for hydroxylation is 1. The highest BCUT2D eigenvalue weighted by Gasteiger charge is 2.29. The van der Waals surface area contributed by atoms with Crippen molar-refractivity contribution in [2.24, 2.45) is 5.73 Å². The Balaban J connectivity index is 2.24. The van der Waals surface area contributed by atoms with E-state index in [0.717, 1.165) is 18.6 Å². The fourth-order valence-corrected chi connectivity index (χ4v) is 1.99. The van der Waals surface area contributed by atoms with Crippen LogP contribution >= 0.6 is 0 Å². The average molecular weight is 312 g/mol. The minimum absolute atomic E-state index is 0.0876. The standard InChI is InChI=1S/C14H15F3N4O/c1-2-3-11-19-13(12(18)22)20-21(11)8-9-4-6-10(7-5-9)14(15,16)17/h4-7H,2-3,8H2,1H3,(H2,18,22). The number of nitrogens with two attached hydrogens (primary N) is 1. The Hall–Kier alpha value is -2.38. The Kier molecular flexibility index (Phi) is 4.48. The fourth-order valence-electron chi connectivity index (χ4n) is 1.99. The van der Waals surface area contributed by atoms with Crippen LogP contribution in [0.1, 0.15) is 40.9 Å². The van der Waals surface area contributed by atoms with Crippen molar-refractivity contribution in [1.29, 1.82) is 0 Å². The summed E-state index contributed by atoms with van der Waals surface area (Å²) < 4.78 is 39.1. The summed E-state index contributed by atoms with van der Waals surface area (Å²) in [7, 11) is 0. The number of carbonyl (C=O) groups excluding carboxylic acids is 1. The molecule has 1 amide bonds. The molecule has 0 saturated carbocycles. The van der Waals surface area contributed by atoms with Crippen LogP contribution in [0.2, 0.25) is 0 Å². The van der Waals surface area contributed by atoms with E-state index in [4.69, 9.17) is 5.73 Å². The second kappa shape index (κ2) is 6.17. The van der Waals surface area contributed by atoms with Crippen LogP contribution in [0.5, 0.6) is 0 Å². The van der Waals surface area contributed by atoms with Crippen LogP contribution < -0.4 is 5.73 Å². The van der Waals surface area contributed by atoms with Gasteiger partial charge in [-0.15, -0.1) is 5.10 Å². The smallest absolute Gasteiger partial charge is 0.363 e. The van der Waals surface area contributed by atoms with Gasteiger partial charge in [0.25, 0.3) is 5.91 Å². The number of amides is 1. The van der Waals surface area contributed by atoms with Gasteiger partial charge in [-0.2, -0.15) is 13.2 Å². The van der Waals surface area contributed by atoms with Crippen molar-refractivity contribution in [3.8, 4) is 0 Å². The molecule has 0 unspecified atom stereocenters. The molecule has 2 aromatic rings. The van der Waals surface area contributed by atoms with Crippen LogP contribution in [0.4, 0.5) is 13.2 Å². The molecule has 118 valence electrons. The van der Waals surface area contributed by atoms with Gasteiger partial charge in [0.15, 0.2) is 0 Å². The lowest BCUT2D eigenvalue weighted by molar-refractivity contribution is -0.137. The van der Waals surface area contributed by atoms with E-state index >= 15 is 0 Å². The van der Waals surface area contributed by atoms with E-state index in [-0.39, 0.29) is 12.4 Å². The summed E-state index contributed by atoms with van der Waals surface area (Å²) in [6, 6.07) is 4.79. The van der Waals surface area contributed by atoms with Crippen molar-refractivity contribution in [3.63, 3.8) is 0 Å². The molecule has 0 aliphatic rings. The number of halogens is 3. The Bertz CT molecular complexity index is 662. The van der Waals surface area contributed by atoms with Gasteiger partial charge >= 0.3 is 6.18 Å². The summed E-state index contributed by atoms with van der Waals surface area (Å²) in [4.78, 5) is 15.2. The molecule has 8 heteroatoms. The number of aromatic nitrogens is 3. The monoisotopic (exact) mass is 312 g/mol. The maximum Gasteiger partial charge on any atom is 0.416 e. The molecule has 0 aliphatic heterocycles. The zero-order chi connectivity index (χ0) is 16.3. The lowest BCUT2D eigenvalue weighted by atomic mass is 10.1. The minimum atomic E-state index is -4.36. The second-order valence-corrected chi connectivity index (χ2v) is 4.82. The largest absolute Gasteiger partial charge is 0.416 e. The number of primary amides is 1. The zero-order valence-electron chi connectivity index (χ0n) is 11.9. The molecule has 0 spiro atoms. The van der Waals surface area contributed by atoms with Crippen molar-refractivity contribution >= 4 is 5.91 Å². The van der Waals surface area contributed by atoms with Gasteiger partial charge in [0, 0.05) is 6.42 Å². The minimum Gasteiger partial charge on any atom is -0.363 e. The van der Waals surface area contributed by atoms with Crippen LogP contribution in [0, 0.1) is 0 Å². The first-order valence-electron chi connectivity index (χ1n) is 6.71. The Morgan fingerprint density at radius 2 is 1.91 bits per heavy atom. The number of nitrogens with zero attached hydrogens (tertiary/aromatic N) is 3. The normalized spacial score (nSPS) is 11.6. The third kappa shape index (κ3) is 3.63. The summed E-state index contributed by atoms with van der Waals surface area (Å²) in [6.07, 6.45) is -2.97. The van der Waals surface area contributed by atoms with E-state index in [1.54, 1.807) is 0 Å². The van der Waals surface area contributed by atoms with Gasteiger partial charge in [-0.1, -0.05) is 19.1 Å². The molecule has 5 nitrogen and oxygen atoms in total. The van der Waals surface area contributed by atoms with Crippen molar-refractivity contribution in [2.45, 2.75) is 32.5 Å². The van der Waals surface area contributed by atoms with E-state index in [0.29, 0.717) is 17.8 Å². The van der Waals surface area contributed by atoms with Gasteiger partial charge in [0.1, 0.15) is 5.82 Å². The Morgan fingerprint density at radius 1 is 1.27 bits per heavy atom. The maximum atomic E-state index is 12.5. The first-order valence-corrected chi connectivity index (χ1v) is 6.71. The third-order valence-electron chi connectivity index (χ3n) is 3.06. The van der Waals surface area contributed by atoms with Gasteiger partial charge in [0.05, 0.1) is 12.1 Å². The fraction of sp³-hybridized carbons (Fsp3) is 0.357. The van der Waals surface area contributed by atoms with E-state index in [1.807, 2.05) is 6.92 Å². The lowest BCUT2D eigenvalue weighted by Gasteiger charge is -2.08. The van der Waals surface area contributed by atoms with E-state index in [9.17, 15) is 18.0 Å². The topological polar surface area (TPSA) is 73.8 Å². The average Bonchev–Trinajstić information content (AvgIpc) is 2.82. The first kappa shape index (κ1) is 16.0. The first-order chi connectivity index (χ1) is 10.3.